The molecule has 5 aromatic rings. The van der Waals surface area contributed by atoms with Gasteiger partial charge in [0.2, 0.25) is 0 Å². The molecule has 1 aliphatic rings. The molecule has 1 amide bonds. The fourth-order valence-electron chi connectivity index (χ4n) is 6.63. The van der Waals surface area contributed by atoms with E-state index in [1.165, 1.54) is 12.1 Å². The largest absolute Gasteiger partial charge is 0.298 e. The summed E-state index contributed by atoms with van der Waals surface area (Å²) in [5.74, 6) is -0.407. The van der Waals surface area contributed by atoms with Gasteiger partial charge in [0.05, 0.1) is 21.6 Å². The van der Waals surface area contributed by atoms with Gasteiger partial charge < -0.3 is 0 Å². The second-order valence-electron chi connectivity index (χ2n) is 11.5. The number of nitro benzene ring substituents is 1. The maximum atomic E-state index is 14.1. The van der Waals surface area contributed by atoms with E-state index in [0.29, 0.717) is 0 Å². The van der Waals surface area contributed by atoms with Gasteiger partial charge in [-0.25, -0.2) is 0 Å². The van der Waals surface area contributed by atoms with Crippen LogP contribution in [0.1, 0.15) is 58.9 Å². The monoisotopic (exact) mass is 564 g/mol. The molecule has 43 heavy (non-hydrogen) atoms. The molecule has 0 unspecified atom stereocenters. The lowest BCUT2D eigenvalue weighted by Crippen LogP contribution is -2.49. The number of allylic oxidation sites excluding steroid dienone is 1. The molecular formula is C38H32N2O3. The van der Waals surface area contributed by atoms with Crippen LogP contribution in [-0.4, -0.2) is 16.4 Å². The van der Waals surface area contributed by atoms with Crippen LogP contribution in [0, 0.1) is 10.1 Å². The zero-order valence-corrected chi connectivity index (χ0v) is 24.4. The summed E-state index contributed by atoms with van der Waals surface area (Å²) in [6.45, 7) is 5.98. The summed E-state index contributed by atoms with van der Waals surface area (Å²) in [5.41, 5.74) is 5.61. The number of benzene rings is 5. The van der Waals surface area contributed by atoms with E-state index in [0.717, 1.165) is 39.1 Å². The summed E-state index contributed by atoms with van der Waals surface area (Å²) < 4.78 is 0. The number of nitrogens with zero attached hydrogens (tertiary/aromatic N) is 2. The minimum absolute atomic E-state index is 0.0655. The lowest BCUT2D eigenvalue weighted by atomic mass is 9.64. The molecule has 212 valence electrons. The summed E-state index contributed by atoms with van der Waals surface area (Å²) in [4.78, 5) is 27.2. The Labute approximate surface area is 251 Å². The molecular weight excluding hydrogens is 532 g/mol. The van der Waals surface area contributed by atoms with Gasteiger partial charge in [-0.05, 0) is 66.8 Å². The second kappa shape index (κ2) is 10.8. The summed E-state index contributed by atoms with van der Waals surface area (Å²) in [5, 5.41) is 11.9. The smallest absolute Gasteiger partial charge is 0.282 e. The van der Waals surface area contributed by atoms with Crippen molar-refractivity contribution in [3.63, 3.8) is 0 Å². The number of hydrogen-bond donors (Lipinski definition) is 0. The highest BCUT2D eigenvalue weighted by Gasteiger charge is 2.42. The highest BCUT2D eigenvalue weighted by Crippen LogP contribution is 2.48. The van der Waals surface area contributed by atoms with Crippen molar-refractivity contribution in [1.82, 2.24) is 0 Å². The van der Waals surface area contributed by atoms with Gasteiger partial charge in [0.1, 0.15) is 5.56 Å². The Balaban J connectivity index is 1.62. The van der Waals surface area contributed by atoms with Crippen LogP contribution in [0.3, 0.4) is 0 Å². The molecule has 0 aliphatic carbocycles. The van der Waals surface area contributed by atoms with Crippen molar-refractivity contribution in [3.05, 3.63) is 183 Å². The first kappa shape index (κ1) is 27.9. The van der Waals surface area contributed by atoms with E-state index >= 15 is 0 Å². The van der Waals surface area contributed by atoms with Crippen LogP contribution in [0.5, 0.6) is 0 Å². The van der Waals surface area contributed by atoms with E-state index in [2.05, 4.69) is 97.9 Å². The van der Waals surface area contributed by atoms with Crippen LogP contribution in [0.4, 0.5) is 11.4 Å². The maximum absolute atomic E-state index is 14.1. The lowest BCUT2D eigenvalue weighted by Gasteiger charge is -2.43. The van der Waals surface area contributed by atoms with E-state index in [9.17, 15) is 14.9 Å². The Bertz CT molecular complexity index is 1750. The van der Waals surface area contributed by atoms with Crippen molar-refractivity contribution < 1.29 is 9.72 Å². The van der Waals surface area contributed by atoms with Crippen molar-refractivity contribution in [2.75, 3.05) is 4.90 Å². The van der Waals surface area contributed by atoms with Crippen LogP contribution < -0.4 is 4.90 Å². The highest BCUT2D eigenvalue weighted by atomic mass is 16.6. The molecule has 0 N–H and O–H groups in total. The first-order valence-electron chi connectivity index (χ1n) is 14.3. The molecule has 0 aromatic heterocycles. The molecule has 0 radical (unpaired) electrons. The van der Waals surface area contributed by atoms with Gasteiger partial charge >= 0.3 is 0 Å². The van der Waals surface area contributed by atoms with Crippen molar-refractivity contribution in [1.29, 1.82) is 0 Å². The number of amides is 1. The molecule has 5 heteroatoms. The van der Waals surface area contributed by atoms with E-state index in [1.54, 1.807) is 17.0 Å². The quantitative estimate of drug-likeness (QED) is 0.118. The van der Waals surface area contributed by atoms with Gasteiger partial charge in [-0.3, -0.25) is 19.8 Å². The van der Waals surface area contributed by atoms with E-state index < -0.39 is 21.8 Å². The minimum Gasteiger partial charge on any atom is -0.298 e. The maximum Gasteiger partial charge on any atom is 0.282 e. The third-order valence-corrected chi connectivity index (χ3v) is 8.40. The average molecular weight is 565 g/mol. The van der Waals surface area contributed by atoms with Gasteiger partial charge in [0, 0.05) is 11.6 Å². The van der Waals surface area contributed by atoms with Gasteiger partial charge in [-0.15, -0.1) is 0 Å². The van der Waals surface area contributed by atoms with Crippen LogP contribution >= 0.6 is 0 Å². The fraction of sp³-hybridized carbons (Fsp3) is 0.132. The average Bonchev–Trinajstić information content (AvgIpc) is 3.03. The number of nitro groups is 1. The van der Waals surface area contributed by atoms with Crippen LogP contribution in [0.2, 0.25) is 0 Å². The molecule has 0 saturated carbocycles. The van der Waals surface area contributed by atoms with Gasteiger partial charge in [-0.2, -0.15) is 0 Å². The molecule has 6 rings (SSSR count). The molecule has 0 fully saturated rings. The number of para-hydroxylation sites is 1. The molecule has 1 aliphatic heterocycles. The number of carbonyl (C=O) groups is 1. The standard InChI is InChI=1S/C38H32N2O3/c1-27-26-37(2,3)39(36(41)32-21-13-14-22-35(32)40(42)43)34-24-23-31(25-33(27)34)38(28-15-7-4-8-16-28,29-17-9-5-10-18-29)30-19-11-6-12-20-30/h4-26H,1-3H3. The molecule has 1 heterocycles. The first-order chi connectivity index (χ1) is 20.7. The Morgan fingerprint density at radius 2 is 1.19 bits per heavy atom. The SMILES string of the molecule is CC1=CC(C)(C)N(C(=O)c2ccccc2[N+](=O)[O-])c2ccc(C(c3ccccc3)(c3ccccc3)c3ccccc3)cc21. The Morgan fingerprint density at radius 1 is 0.698 bits per heavy atom. The number of rotatable bonds is 6. The van der Waals surface area contributed by atoms with Gasteiger partial charge in [-0.1, -0.05) is 115 Å². The van der Waals surface area contributed by atoms with Crippen LogP contribution in [0.25, 0.3) is 5.57 Å². The lowest BCUT2D eigenvalue weighted by molar-refractivity contribution is -0.385. The second-order valence-corrected chi connectivity index (χ2v) is 11.5. The van der Waals surface area contributed by atoms with E-state index in [4.69, 9.17) is 0 Å². The molecule has 0 bridgehead atoms. The van der Waals surface area contributed by atoms with Crippen molar-refractivity contribution >= 4 is 22.9 Å². The molecule has 5 aromatic carbocycles. The number of carbonyl (C=O) groups excluding carboxylic acids is 1. The Kier molecular flexibility index (Phi) is 7.02. The third kappa shape index (κ3) is 4.63. The van der Waals surface area contributed by atoms with Crippen LogP contribution in [-0.2, 0) is 5.41 Å². The number of anilines is 1. The third-order valence-electron chi connectivity index (χ3n) is 8.40. The zero-order chi connectivity index (χ0) is 30.2. The summed E-state index contributed by atoms with van der Waals surface area (Å²) in [6, 6.07) is 43.9. The summed E-state index contributed by atoms with van der Waals surface area (Å²) >= 11 is 0. The van der Waals surface area contributed by atoms with Crippen LogP contribution in [0.15, 0.2) is 140 Å². The van der Waals surface area contributed by atoms with Crippen molar-refractivity contribution in [2.24, 2.45) is 0 Å². The molecule has 0 saturated heterocycles. The summed E-state index contributed by atoms with van der Waals surface area (Å²) in [7, 11) is 0. The predicted octanol–water partition coefficient (Wildman–Crippen LogP) is 8.82. The number of fused-ring (bicyclic) bond motifs is 1. The first-order valence-corrected chi connectivity index (χ1v) is 14.3. The number of hydrogen-bond acceptors (Lipinski definition) is 3. The molecule has 0 atom stereocenters. The van der Waals surface area contributed by atoms with Crippen molar-refractivity contribution in [3.8, 4) is 0 Å². The predicted molar refractivity (Wildman–Crippen MR) is 172 cm³/mol. The minimum atomic E-state index is -0.714. The summed E-state index contributed by atoms with van der Waals surface area (Å²) in [6.07, 6.45) is 2.07. The van der Waals surface area contributed by atoms with E-state index in [-0.39, 0.29) is 11.3 Å². The fourth-order valence-corrected chi connectivity index (χ4v) is 6.63. The highest BCUT2D eigenvalue weighted by molar-refractivity contribution is 6.12. The zero-order valence-electron chi connectivity index (χ0n) is 24.4. The Morgan fingerprint density at radius 3 is 1.70 bits per heavy atom. The van der Waals surface area contributed by atoms with Gasteiger partial charge in [0.25, 0.3) is 11.6 Å². The Hall–Kier alpha value is -5.29. The molecule has 0 spiro atoms. The molecule has 5 nitrogen and oxygen atoms in total. The van der Waals surface area contributed by atoms with Gasteiger partial charge in [0.15, 0.2) is 0 Å². The topological polar surface area (TPSA) is 63.5 Å². The van der Waals surface area contributed by atoms with E-state index in [1.807, 2.05) is 38.1 Å². The normalized spacial score (nSPS) is 14.0. The van der Waals surface area contributed by atoms with Crippen molar-refractivity contribution in [2.45, 2.75) is 31.7 Å².